The van der Waals surface area contributed by atoms with Crippen LogP contribution in [0.15, 0.2) is 30.3 Å². The molecule has 0 aromatic heterocycles. The predicted molar refractivity (Wildman–Crippen MR) is 59.8 cm³/mol. The van der Waals surface area contributed by atoms with E-state index in [0.717, 1.165) is 0 Å². The predicted octanol–water partition coefficient (Wildman–Crippen LogP) is -0.542. The van der Waals surface area contributed by atoms with Crippen molar-refractivity contribution in [1.82, 2.24) is 5.48 Å². The summed E-state index contributed by atoms with van der Waals surface area (Å²) in [7, 11) is -1.17. The van der Waals surface area contributed by atoms with Gasteiger partial charge in [-0.1, -0.05) is 30.3 Å². The summed E-state index contributed by atoms with van der Waals surface area (Å²) in [6, 6.07) is 8.75. The quantitative estimate of drug-likeness (QED) is 0.502. The van der Waals surface area contributed by atoms with Crippen molar-refractivity contribution in [3.63, 3.8) is 0 Å². The van der Waals surface area contributed by atoms with Gasteiger partial charge in [0.2, 0.25) is 0 Å². The molecule has 6 heteroatoms. The number of nitrogens with one attached hydrogen (secondary N) is 1. The molecule has 0 aliphatic heterocycles. The van der Waals surface area contributed by atoms with E-state index in [0.29, 0.717) is 12.1 Å². The molecule has 0 fully saturated rings. The molecule has 86 valence electrons. The first-order valence-electron chi connectivity index (χ1n) is 4.99. The molecule has 0 saturated heterocycles. The summed E-state index contributed by atoms with van der Waals surface area (Å²) < 4.78 is 9.62. The highest BCUT2D eigenvalue weighted by atomic mass is 16.7. The molecule has 1 aromatic carbocycles. The highest BCUT2D eigenvalue weighted by molar-refractivity contribution is 6.59. The Morgan fingerprint density at radius 1 is 1.44 bits per heavy atom. The van der Waals surface area contributed by atoms with Gasteiger partial charge in [-0.15, -0.1) is 0 Å². The van der Waals surface area contributed by atoms with Gasteiger partial charge in [-0.2, -0.15) is 0 Å². The van der Waals surface area contributed by atoms with Crippen LogP contribution in [0.4, 0.5) is 0 Å². The lowest BCUT2D eigenvalue weighted by Gasteiger charge is -2.08. The maximum Gasteiger partial charge on any atom is 0.514 e. The number of carbonyl (C=O) groups excluding carboxylic acids is 1. The number of ether oxygens (including phenoxy) is 1. The molecule has 2 N–H and O–H groups in total. The summed E-state index contributed by atoms with van der Waals surface area (Å²) in [5.74, 6) is -0.433. The minimum atomic E-state index is -1.17. The van der Waals surface area contributed by atoms with Crippen LogP contribution in [0.3, 0.4) is 0 Å². The summed E-state index contributed by atoms with van der Waals surface area (Å²) in [5.41, 5.74) is 2.67. The molecule has 0 atom stereocenters. The average molecular weight is 223 g/mol. The molecule has 1 amide bonds. The highest BCUT2D eigenvalue weighted by Gasteiger charge is 2.17. The van der Waals surface area contributed by atoms with Gasteiger partial charge >= 0.3 is 7.12 Å². The zero-order valence-corrected chi connectivity index (χ0v) is 9.05. The Labute approximate surface area is 94.5 Å². The monoisotopic (exact) mass is 223 g/mol. The second-order valence-electron chi connectivity index (χ2n) is 3.04. The molecule has 0 unspecified atom stereocenters. The summed E-state index contributed by atoms with van der Waals surface area (Å²) in [6.07, 6.45) is 0. The normalized spacial score (nSPS) is 9.88. The molecule has 0 spiro atoms. The SMILES string of the molecule is CCOCC(=O)NOB(O)c1ccccc1. The van der Waals surface area contributed by atoms with E-state index in [-0.39, 0.29) is 6.61 Å². The Balaban J connectivity index is 2.30. The molecule has 0 heterocycles. The first-order valence-corrected chi connectivity index (χ1v) is 4.99. The van der Waals surface area contributed by atoms with Crippen LogP contribution in [-0.4, -0.2) is 31.3 Å². The van der Waals surface area contributed by atoms with E-state index in [2.05, 4.69) is 5.48 Å². The third-order valence-corrected chi connectivity index (χ3v) is 1.81. The lowest BCUT2D eigenvalue weighted by atomic mass is 9.80. The lowest BCUT2D eigenvalue weighted by molar-refractivity contribution is -0.132. The first kappa shape index (κ1) is 12.7. The largest absolute Gasteiger partial charge is 0.514 e. The molecule has 0 aliphatic rings. The van der Waals surface area contributed by atoms with Crippen molar-refractivity contribution in [2.45, 2.75) is 6.92 Å². The zero-order valence-electron chi connectivity index (χ0n) is 9.05. The van der Waals surface area contributed by atoms with Gasteiger partial charge in [0.1, 0.15) is 6.61 Å². The fraction of sp³-hybridized carbons (Fsp3) is 0.300. The van der Waals surface area contributed by atoms with Gasteiger partial charge in [0, 0.05) is 6.61 Å². The van der Waals surface area contributed by atoms with E-state index in [1.54, 1.807) is 31.2 Å². The van der Waals surface area contributed by atoms with Gasteiger partial charge in [0.15, 0.2) is 0 Å². The van der Waals surface area contributed by atoms with Crippen LogP contribution in [-0.2, 0) is 14.3 Å². The third kappa shape index (κ3) is 4.44. The molecule has 16 heavy (non-hydrogen) atoms. The van der Waals surface area contributed by atoms with Gasteiger partial charge in [0.25, 0.3) is 5.91 Å². The average Bonchev–Trinajstić information content (AvgIpc) is 2.34. The number of hydroxylamine groups is 1. The van der Waals surface area contributed by atoms with E-state index < -0.39 is 13.0 Å². The minimum absolute atomic E-state index is 0.0853. The third-order valence-electron chi connectivity index (χ3n) is 1.81. The van der Waals surface area contributed by atoms with Crippen LogP contribution in [0.5, 0.6) is 0 Å². The number of carbonyl (C=O) groups is 1. The Morgan fingerprint density at radius 2 is 2.12 bits per heavy atom. The fourth-order valence-corrected chi connectivity index (χ4v) is 1.03. The van der Waals surface area contributed by atoms with E-state index in [9.17, 15) is 9.82 Å². The summed E-state index contributed by atoms with van der Waals surface area (Å²) in [6.45, 7) is 2.15. The van der Waals surface area contributed by atoms with Crippen molar-refractivity contribution >= 4 is 18.5 Å². The van der Waals surface area contributed by atoms with Crippen molar-refractivity contribution in [2.24, 2.45) is 0 Å². The zero-order chi connectivity index (χ0) is 11.8. The molecule has 5 nitrogen and oxygen atoms in total. The van der Waals surface area contributed by atoms with Crippen LogP contribution >= 0.6 is 0 Å². The number of hydrogen-bond donors (Lipinski definition) is 2. The smallest absolute Gasteiger partial charge is 0.422 e. The summed E-state index contributed by atoms with van der Waals surface area (Å²) in [4.78, 5) is 11.1. The van der Waals surface area contributed by atoms with Gasteiger partial charge < -0.3 is 9.76 Å². The topological polar surface area (TPSA) is 67.8 Å². The van der Waals surface area contributed by atoms with Crippen LogP contribution in [0.1, 0.15) is 6.92 Å². The number of rotatable bonds is 6. The Morgan fingerprint density at radius 3 is 2.75 bits per heavy atom. The van der Waals surface area contributed by atoms with E-state index in [4.69, 9.17) is 9.49 Å². The summed E-state index contributed by atoms with van der Waals surface area (Å²) in [5, 5.41) is 9.52. The molecular formula is C10H14BNO4. The molecule has 0 aliphatic carbocycles. The lowest BCUT2D eigenvalue weighted by Crippen LogP contribution is -2.41. The second-order valence-corrected chi connectivity index (χ2v) is 3.04. The molecular weight excluding hydrogens is 209 g/mol. The Bertz CT molecular complexity index is 320. The van der Waals surface area contributed by atoms with Gasteiger partial charge in [-0.05, 0) is 12.4 Å². The van der Waals surface area contributed by atoms with Crippen molar-refractivity contribution in [2.75, 3.05) is 13.2 Å². The first-order chi connectivity index (χ1) is 7.74. The van der Waals surface area contributed by atoms with Crippen LogP contribution < -0.4 is 10.9 Å². The fourth-order valence-electron chi connectivity index (χ4n) is 1.03. The highest BCUT2D eigenvalue weighted by Crippen LogP contribution is 1.86. The van der Waals surface area contributed by atoms with Gasteiger partial charge in [-0.3, -0.25) is 9.55 Å². The Kier molecular flexibility index (Phi) is 5.56. The van der Waals surface area contributed by atoms with Gasteiger partial charge in [-0.25, -0.2) is 5.48 Å². The van der Waals surface area contributed by atoms with Crippen molar-refractivity contribution in [3.05, 3.63) is 30.3 Å². The maximum atomic E-state index is 11.1. The van der Waals surface area contributed by atoms with Crippen LogP contribution in [0.25, 0.3) is 0 Å². The van der Waals surface area contributed by atoms with E-state index in [1.165, 1.54) is 0 Å². The number of benzene rings is 1. The Hall–Kier alpha value is -1.37. The number of hydrogen-bond acceptors (Lipinski definition) is 4. The standard InChI is InChI=1S/C10H14BNO4/c1-2-15-8-10(13)12-16-11(14)9-6-4-3-5-7-9/h3-7,14H,2,8H2,1H3,(H,12,13). The number of amides is 1. The van der Waals surface area contributed by atoms with Crippen LogP contribution in [0, 0.1) is 0 Å². The molecule has 0 saturated carbocycles. The molecule has 0 bridgehead atoms. The van der Waals surface area contributed by atoms with Crippen molar-refractivity contribution in [1.29, 1.82) is 0 Å². The summed E-state index contributed by atoms with van der Waals surface area (Å²) >= 11 is 0. The van der Waals surface area contributed by atoms with Crippen molar-refractivity contribution in [3.8, 4) is 0 Å². The maximum absolute atomic E-state index is 11.1. The van der Waals surface area contributed by atoms with Crippen molar-refractivity contribution < 1.29 is 19.3 Å². The minimum Gasteiger partial charge on any atom is -0.422 e. The second kappa shape index (κ2) is 7.00. The van der Waals surface area contributed by atoms with E-state index in [1.807, 2.05) is 6.07 Å². The molecule has 0 radical (unpaired) electrons. The van der Waals surface area contributed by atoms with Crippen LogP contribution in [0.2, 0.25) is 0 Å². The molecule has 1 aromatic rings. The van der Waals surface area contributed by atoms with Gasteiger partial charge in [0.05, 0.1) is 0 Å². The van der Waals surface area contributed by atoms with E-state index >= 15 is 0 Å². The molecule has 1 rings (SSSR count).